The molecule has 0 atom stereocenters. The Labute approximate surface area is 174 Å². The normalized spacial score (nSPS) is 10.7. The molecule has 8 heteroatoms. The van der Waals surface area contributed by atoms with Crippen molar-refractivity contribution < 1.29 is 9.59 Å². The zero-order valence-corrected chi connectivity index (χ0v) is 17.5. The Kier molecular flexibility index (Phi) is 7.13. The molecule has 0 unspecified atom stereocenters. The largest absolute Gasteiger partial charge is 0.337 e. The van der Waals surface area contributed by atoms with Gasteiger partial charge in [0.15, 0.2) is 5.13 Å². The molecule has 0 bridgehead atoms. The maximum absolute atomic E-state index is 12.6. The predicted molar refractivity (Wildman–Crippen MR) is 115 cm³/mol. The number of amides is 2. The van der Waals surface area contributed by atoms with Crippen molar-refractivity contribution in [1.29, 1.82) is 0 Å². The van der Waals surface area contributed by atoms with Gasteiger partial charge in [0.25, 0.3) is 5.91 Å². The van der Waals surface area contributed by atoms with Gasteiger partial charge in [0.05, 0.1) is 12.0 Å². The summed E-state index contributed by atoms with van der Waals surface area (Å²) in [7, 11) is 0. The van der Waals surface area contributed by atoms with Gasteiger partial charge in [-0.15, -0.1) is 11.3 Å². The van der Waals surface area contributed by atoms with Crippen molar-refractivity contribution >= 4 is 34.0 Å². The SMILES string of the molecule is CCCc1nc(NC(=O)c2cccc(NC(=O)CCn3ccnc3)c2)sc1CC. The molecular weight excluding hydrogens is 386 g/mol. The number of carbonyl (C=O) groups excluding carboxylic acids is 2. The Morgan fingerprint density at radius 3 is 2.79 bits per heavy atom. The molecular formula is C21H25N5O2S. The molecule has 3 aromatic rings. The van der Waals surface area contributed by atoms with E-state index in [0.29, 0.717) is 29.3 Å². The highest BCUT2D eigenvalue weighted by Crippen LogP contribution is 2.25. The number of hydrogen-bond donors (Lipinski definition) is 2. The van der Waals surface area contributed by atoms with Crippen LogP contribution in [0.25, 0.3) is 0 Å². The van der Waals surface area contributed by atoms with Crippen LogP contribution >= 0.6 is 11.3 Å². The molecule has 0 saturated carbocycles. The fourth-order valence-electron chi connectivity index (χ4n) is 2.93. The molecule has 3 rings (SSSR count). The number of imidazole rings is 1. The Morgan fingerprint density at radius 2 is 2.07 bits per heavy atom. The predicted octanol–water partition coefficient (Wildman–Crippen LogP) is 4.14. The van der Waals surface area contributed by atoms with Gasteiger partial charge in [0, 0.05) is 41.5 Å². The molecule has 7 nitrogen and oxygen atoms in total. The first-order valence-corrected chi connectivity index (χ1v) is 10.6. The van der Waals surface area contributed by atoms with Gasteiger partial charge >= 0.3 is 0 Å². The maximum atomic E-state index is 12.6. The quantitative estimate of drug-likeness (QED) is 0.554. The van der Waals surface area contributed by atoms with E-state index in [2.05, 4.69) is 34.4 Å². The number of anilines is 2. The first-order chi connectivity index (χ1) is 14.1. The first-order valence-electron chi connectivity index (χ1n) is 9.74. The average Bonchev–Trinajstić information content (AvgIpc) is 3.36. The first kappa shape index (κ1) is 20.7. The Morgan fingerprint density at radius 1 is 1.21 bits per heavy atom. The molecule has 0 saturated heterocycles. The standard InChI is InChI=1S/C21H25N5O2S/c1-3-6-17-18(4-2)29-21(24-17)25-20(28)15-7-5-8-16(13-15)23-19(27)9-11-26-12-10-22-14-26/h5,7-8,10,12-14H,3-4,6,9,11H2,1-2H3,(H,23,27)(H,24,25,28). The zero-order valence-electron chi connectivity index (χ0n) is 16.6. The lowest BCUT2D eigenvalue weighted by Crippen LogP contribution is -2.15. The number of hydrogen-bond acceptors (Lipinski definition) is 5. The Bertz CT molecular complexity index is 965. The van der Waals surface area contributed by atoms with Crippen molar-refractivity contribution in [3.8, 4) is 0 Å². The van der Waals surface area contributed by atoms with Crippen LogP contribution in [0.3, 0.4) is 0 Å². The molecule has 0 aliphatic heterocycles. The van der Waals surface area contributed by atoms with E-state index < -0.39 is 0 Å². The van der Waals surface area contributed by atoms with Gasteiger partial charge in [0.2, 0.25) is 5.91 Å². The summed E-state index contributed by atoms with van der Waals surface area (Å²) in [5, 5.41) is 6.33. The fourth-order valence-corrected chi connectivity index (χ4v) is 3.87. The molecule has 0 aliphatic rings. The molecule has 2 N–H and O–H groups in total. The van der Waals surface area contributed by atoms with Crippen molar-refractivity contribution in [2.24, 2.45) is 0 Å². The monoisotopic (exact) mass is 411 g/mol. The molecule has 1 aromatic carbocycles. The van der Waals surface area contributed by atoms with Crippen LogP contribution < -0.4 is 10.6 Å². The lowest BCUT2D eigenvalue weighted by molar-refractivity contribution is -0.116. The van der Waals surface area contributed by atoms with E-state index in [0.717, 1.165) is 25.0 Å². The van der Waals surface area contributed by atoms with E-state index in [1.165, 1.54) is 16.2 Å². The molecule has 0 aliphatic carbocycles. The van der Waals surface area contributed by atoms with E-state index in [9.17, 15) is 9.59 Å². The third-order valence-corrected chi connectivity index (χ3v) is 5.53. The highest BCUT2D eigenvalue weighted by atomic mass is 32.1. The van der Waals surface area contributed by atoms with Crippen molar-refractivity contribution in [2.45, 2.75) is 46.1 Å². The lowest BCUT2D eigenvalue weighted by Gasteiger charge is -2.08. The van der Waals surface area contributed by atoms with E-state index in [1.807, 2.05) is 10.8 Å². The van der Waals surface area contributed by atoms with Crippen molar-refractivity contribution in [2.75, 3.05) is 10.6 Å². The topological polar surface area (TPSA) is 88.9 Å². The second-order valence-electron chi connectivity index (χ2n) is 6.63. The van der Waals surface area contributed by atoms with Crippen molar-refractivity contribution in [3.63, 3.8) is 0 Å². The highest BCUT2D eigenvalue weighted by molar-refractivity contribution is 7.15. The van der Waals surface area contributed by atoms with Crippen LogP contribution in [0, 0.1) is 0 Å². The van der Waals surface area contributed by atoms with E-state index in [4.69, 9.17) is 0 Å². The van der Waals surface area contributed by atoms with Gasteiger partial charge in [-0.05, 0) is 31.0 Å². The van der Waals surface area contributed by atoms with Crippen molar-refractivity contribution in [1.82, 2.24) is 14.5 Å². The molecule has 2 aromatic heterocycles. The number of aryl methyl sites for hydroxylation is 3. The van der Waals surface area contributed by atoms with Gasteiger partial charge in [0.1, 0.15) is 0 Å². The summed E-state index contributed by atoms with van der Waals surface area (Å²) in [5.41, 5.74) is 2.13. The molecule has 2 heterocycles. The van der Waals surface area contributed by atoms with E-state index in [-0.39, 0.29) is 11.8 Å². The fraction of sp³-hybridized carbons (Fsp3) is 0.333. The minimum Gasteiger partial charge on any atom is -0.337 e. The van der Waals surface area contributed by atoms with Crippen LogP contribution in [0.4, 0.5) is 10.8 Å². The summed E-state index contributed by atoms with van der Waals surface area (Å²) in [4.78, 5) is 34.5. The second-order valence-corrected chi connectivity index (χ2v) is 7.71. The van der Waals surface area contributed by atoms with E-state index in [1.54, 1.807) is 36.8 Å². The molecule has 2 amide bonds. The lowest BCUT2D eigenvalue weighted by atomic mass is 10.2. The number of carbonyl (C=O) groups is 2. The van der Waals surface area contributed by atoms with Gasteiger partial charge in [-0.25, -0.2) is 9.97 Å². The summed E-state index contributed by atoms with van der Waals surface area (Å²) in [5.74, 6) is -0.355. The average molecular weight is 412 g/mol. The minimum absolute atomic E-state index is 0.118. The van der Waals surface area contributed by atoms with Crippen LogP contribution in [0.15, 0.2) is 43.0 Å². The number of thiazole rings is 1. The van der Waals surface area contributed by atoms with Crippen LogP contribution in [-0.4, -0.2) is 26.3 Å². The summed E-state index contributed by atoms with van der Waals surface area (Å²) in [6.45, 7) is 4.76. The summed E-state index contributed by atoms with van der Waals surface area (Å²) < 4.78 is 1.84. The third-order valence-electron chi connectivity index (χ3n) is 4.37. The van der Waals surface area contributed by atoms with Gasteiger partial charge < -0.3 is 9.88 Å². The smallest absolute Gasteiger partial charge is 0.257 e. The Hall–Kier alpha value is -3.00. The van der Waals surface area contributed by atoms with Crippen LogP contribution in [-0.2, 0) is 24.2 Å². The van der Waals surface area contributed by atoms with Crippen molar-refractivity contribution in [3.05, 3.63) is 59.1 Å². The minimum atomic E-state index is -0.237. The third kappa shape index (κ3) is 5.74. The number of nitrogens with one attached hydrogen (secondary N) is 2. The van der Waals surface area contributed by atoms with Gasteiger partial charge in [-0.3, -0.25) is 14.9 Å². The molecule has 0 fully saturated rings. The Balaban J connectivity index is 1.61. The second kappa shape index (κ2) is 9.97. The van der Waals surface area contributed by atoms with Gasteiger partial charge in [-0.2, -0.15) is 0 Å². The summed E-state index contributed by atoms with van der Waals surface area (Å²) >= 11 is 1.52. The van der Waals surface area contributed by atoms with Crippen LogP contribution in [0.2, 0.25) is 0 Å². The zero-order chi connectivity index (χ0) is 20.6. The maximum Gasteiger partial charge on any atom is 0.257 e. The van der Waals surface area contributed by atoms with Crippen LogP contribution in [0.5, 0.6) is 0 Å². The van der Waals surface area contributed by atoms with Gasteiger partial charge in [-0.1, -0.05) is 26.3 Å². The molecule has 29 heavy (non-hydrogen) atoms. The number of benzene rings is 1. The highest BCUT2D eigenvalue weighted by Gasteiger charge is 2.13. The molecule has 0 radical (unpaired) electrons. The molecule has 152 valence electrons. The number of aromatic nitrogens is 3. The molecule has 0 spiro atoms. The summed E-state index contributed by atoms with van der Waals surface area (Å²) in [6, 6.07) is 6.91. The number of rotatable bonds is 9. The van der Waals surface area contributed by atoms with Crippen LogP contribution in [0.1, 0.15) is 47.6 Å². The summed E-state index contributed by atoms with van der Waals surface area (Å²) in [6.07, 6.45) is 8.33. The van der Waals surface area contributed by atoms with E-state index >= 15 is 0 Å². The number of nitrogens with zero attached hydrogens (tertiary/aromatic N) is 3.